The van der Waals surface area contributed by atoms with Crippen molar-refractivity contribution in [2.75, 3.05) is 59.2 Å². The van der Waals surface area contributed by atoms with E-state index in [-0.39, 0.29) is 40.7 Å². The Bertz CT molecular complexity index is 3280. The number of aliphatic hydroxyl groups is 2. The Morgan fingerprint density at radius 3 is 2.03 bits per heavy atom. The Balaban J connectivity index is 0.943. The Morgan fingerprint density at radius 1 is 0.747 bits per heavy atom. The minimum atomic E-state index is -6.17. The van der Waals surface area contributed by atoms with E-state index in [1.165, 1.54) is 41.3 Å². The number of aromatic amines is 2. The fourth-order valence-electron chi connectivity index (χ4n) is 8.51. The van der Waals surface area contributed by atoms with Crippen molar-refractivity contribution >= 4 is 65.4 Å². The standard InChI is InChI=1S/C34H48N12O25P4/c1-43-13-46(28-20(43)29(50)42-33(36)41-28)30-21(48)14(7-60-2)15(66-30)8-64-73(54,55)70-75(58,59)71-74(56,57)65-10-17-23(25(62-4)32(68-17)45-12-39-19-26(35)37-11-38-27(19)45)69-72(52,53)63-9-16-22(49)24(61-3)31(67-16)44-6-5-18(47)40-34(44)51/h5-6,11-17,21-25,30-32,48-49H,7-10H2,1-4H3,(H9-,35,36,37,38,40,41,42,47,50,51,52,53,54,55,56,57,58,59)/p+1/t14-,15-,16-,17-,21-,22-,23-,24-,25-,30-,31-,32-/m1/s1. The molecule has 0 radical (unpaired) electrons. The summed E-state index contributed by atoms with van der Waals surface area (Å²) in [6, 6.07) is 0.995. The molecule has 0 aromatic carbocycles. The van der Waals surface area contributed by atoms with Gasteiger partial charge in [-0.25, -0.2) is 42.6 Å². The van der Waals surface area contributed by atoms with Gasteiger partial charge in [0.1, 0.15) is 54.6 Å². The first-order chi connectivity index (χ1) is 35.3. The van der Waals surface area contributed by atoms with Crippen molar-refractivity contribution in [3.63, 3.8) is 0 Å². The number of fused-ring (bicyclic) bond motifs is 2. The second-order valence-electron chi connectivity index (χ2n) is 16.5. The number of nitrogen functional groups attached to an aromatic ring is 2. The van der Waals surface area contributed by atoms with E-state index in [1.807, 2.05) is 4.98 Å². The molecule has 41 heteroatoms. The number of methoxy groups -OCH3 is 3. The summed E-state index contributed by atoms with van der Waals surface area (Å²) >= 11 is 0. The lowest BCUT2D eigenvalue weighted by atomic mass is 9.99. The molecule has 3 aliphatic heterocycles. The molecule has 0 amide bonds. The number of ether oxygens (including phenoxy) is 6. The lowest BCUT2D eigenvalue weighted by Crippen LogP contribution is -2.45. The summed E-state index contributed by atoms with van der Waals surface area (Å²) in [7, 11) is -18.3. The van der Waals surface area contributed by atoms with Crippen LogP contribution >= 0.6 is 31.3 Å². The number of H-pyrrole nitrogens is 2. The second kappa shape index (κ2) is 22.0. The number of anilines is 2. The van der Waals surface area contributed by atoms with Gasteiger partial charge < -0.3 is 69.7 Å². The van der Waals surface area contributed by atoms with E-state index < -0.39 is 141 Å². The van der Waals surface area contributed by atoms with Gasteiger partial charge in [-0.15, -0.1) is 0 Å². The summed E-state index contributed by atoms with van der Waals surface area (Å²) < 4.78 is 120. The van der Waals surface area contributed by atoms with Crippen molar-refractivity contribution in [3.8, 4) is 0 Å². The highest BCUT2D eigenvalue weighted by Crippen LogP contribution is 2.68. The number of nitrogens with zero attached hydrogens (tertiary/aromatic N) is 8. The maximum Gasteiger partial charge on any atom is 0.490 e. The maximum absolute atomic E-state index is 13.7. The highest BCUT2D eigenvalue weighted by molar-refractivity contribution is 7.66. The molecular weight excluding hydrogens is 1100 g/mol. The van der Waals surface area contributed by atoms with Crippen LogP contribution in [0.1, 0.15) is 18.7 Å². The van der Waals surface area contributed by atoms with Gasteiger partial charge in [-0.3, -0.25) is 51.4 Å². The Labute approximate surface area is 418 Å². The minimum Gasteiger partial charge on any atom is -0.387 e. The first-order valence-electron chi connectivity index (χ1n) is 21.5. The van der Waals surface area contributed by atoms with Gasteiger partial charge in [-0.2, -0.15) is 8.62 Å². The number of phosphoric acid groups is 4. The van der Waals surface area contributed by atoms with Crippen LogP contribution in [0.5, 0.6) is 0 Å². The second-order valence-corrected chi connectivity index (χ2v) is 22.6. The van der Waals surface area contributed by atoms with E-state index in [0.29, 0.717) is 0 Å². The summed E-state index contributed by atoms with van der Waals surface area (Å²) in [5.74, 6) is -1.38. The van der Waals surface area contributed by atoms with Crippen LogP contribution < -0.4 is 32.8 Å². The van der Waals surface area contributed by atoms with Gasteiger partial charge in [0.2, 0.25) is 11.7 Å². The van der Waals surface area contributed by atoms with Crippen molar-refractivity contribution < 1.29 is 108 Å². The van der Waals surface area contributed by atoms with E-state index in [4.69, 9.17) is 58.0 Å². The molecule has 414 valence electrons. The van der Waals surface area contributed by atoms with Gasteiger partial charge in [0.05, 0.1) is 45.9 Å². The highest BCUT2D eigenvalue weighted by atomic mass is 31.3. The van der Waals surface area contributed by atoms with Crippen LogP contribution in [0.3, 0.4) is 0 Å². The van der Waals surface area contributed by atoms with Crippen LogP contribution in [0.25, 0.3) is 22.3 Å². The van der Waals surface area contributed by atoms with Crippen LogP contribution in [-0.4, -0.2) is 170 Å². The molecule has 3 aliphatic rings. The molecular formula is C34H49N12O25P4+. The molecule has 5 aromatic rings. The van der Waals surface area contributed by atoms with Crippen molar-refractivity contribution in [1.29, 1.82) is 0 Å². The summed E-state index contributed by atoms with van der Waals surface area (Å²) in [5, 5.41) is 22.2. The number of nitrogens with two attached hydrogens (primary N) is 2. The summed E-state index contributed by atoms with van der Waals surface area (Å²) in [6.45, 7) is -3.37. The maximum atomic E-state index is 13.7. The number of nitrogens with one attached hydrogen (secondary N) is 2. The number of aromatic nitrogens is 10. The average Bonchev–Trinajstić information content (AvgIpc) is 4.12. The third kappa shape index (κ3) is 12.1. The zero-order valence-corrected chi connectivity index (χ0v) is 42.7. The fraction of sp³-hybridized carbons (Fsp3) is 0.588. The number of aliphatic hydroxyl groups excluding tert-OH is 2. The van der Waals surface area contributed by atoms with Crippen molar-refractivity contribution in [2.24, 2.45) is 13.0 Å². The van der Waals surface area contributed by atoms with Gasteiger partial charge >= 0.3 is 42.6 Å². The van der Waals surface area contributed by atoms with Gasteiger partial charge in [-0.05, 0) is 0 Å². The number of rotatable bonds is 22. The van der Waals surface area contributed by atoms with Crippen LogP contribution in [0.15, 0.2) is 45.6 Å². The molecule has 0 aliphatic carbocycles. The molecule has 37 nitrogen and oxygen atoms in total. The molecule has 0 bridgehead atoms. The van der Waals surface area contributed by atoms with Crippen LogP contribution in [0, 0.1) is 5.92 Å². The van der Waals surface area contributed by atoms with Gasteiger partial charge in [-0.1, -0.05) is 4.98 Å². The molecule has 12 N–H and O–H groups in total. The molecule has 0 saturated carbocycles. The zero-order valence-electron chi connectivity index (χ0n) is 39.1. The smallest absolute Gasteiger partial charge is 0.387 e. The zero-order chi connectivity index (χ0) is 54.5. The minimum absolute atomic E-state index is 0.0177. The van der Waals surface area contributed by atoms with Crippen LogP contribution in [-0.2, 0) is 80.4 Å². The molecule has 8 rings (SSSR count). The van der Waals surface area contributed by atoms with E-state index in [1.54, 1.807) is 0 Å². The van der Waals surface area contributed by atoms with Crippen molar-refractivity contribution in [2.45, 2.75) is 67.5 Å². The molecule has 4 unspecified atom stereocenters. The normalized spacial score (nSPS) is 30.4. The molecule has 0 spiro atoms. The van der Waals surface area contributed by atoms with E-state index >= 15 is 0 Å². The van der Waals surface area contributed by atoms with Crippen molar-refractivity contribution in [1.82, 2.24) is 43.6 Å². The van der Waals surface area contributed by atoms with Crippen LogP contribution in [0.4, 0.5) is 11.8 Å². The number of hydrogen-bond acceptors (Lipinski definition) is 27. The number of imidazole rings is 2. The van der Waals surface area contributed by atoms with E-state index in [0.717, 1.165) is 36.6 Å². The lowest BCUT2D eigenvalue weighted by Gasteiger charge is -2.26. The summed E-state index contributed by atoms with van der Waals surface area (Å²) in [5.41, 5.74) is 9.48. The first-order valence-corrected chi connectivity index (χ1v) is 27.5. The number of hydrogen-bond donors (Lipinski definition) is 10. The monoisotopic (exact) mass is 1150 g/mol. The van der Waals surface area contributed by atoms with Gasteiger partial charge in [0.25, 0.3) is 17.1 Å². The number of phosphoric ester groups is 3. The third-order valence-corrected chi connectivity index (χ3v) is 17.0. The highest BCUT2D eigenvalue weighted by Gasteiger charge is 2.54. The Morgan fingerprint density at radius 2 is 1.37 bits per heavy atom. The molecule has 3 fully saturated rings. The first kappa shape index (κ1) is 56.6. The quantitative estimate of drug-likeness (QED) is 0.0239. The molecule has 5 aromatic heterocycles. The SMILES string of the molecule is COC[C@H]1[C@@H](O)[C@H]([n+]2cn(C)c3c(=O)[nH]c(N)nc32)O[C@@H]1COP(=O)(O)OP(=O)(O)OP(=O)(O)OC[C@H]1O[C@@H](n2cnc3c(N)ncnc32)[C@H](OC)[C@@H]1OP(=O)(O)OC[C@H]1O[C@@H](n2ccc(=O)[nH]c2=O)[C@H](OC)[C@@H]1O. The summed E-state index contributed by atoms with van der Waals surface area (Å²) in [4.78, 5) is 100.0. The van der Waals surface area contributed by atoms with E-state index in [2.05, 4.69) is 33.5 Å². The Kier molecular flexibility index (Phi) is 16.6. The van der Waals surface area contributed by atoms with Gasteiger partial charge in [0.15, 0.2) is 30.2 Å². The fourth-order valence-corrected chi connectivity index (χ4v) is 13.0. The van der Waals surface area contributed by atoms with Gasteiger partial charge in [0, 0.05) is 39.5 Å². The van der Waals surface area contributed by atoms with Crippen LogP contribution in [0.2, 0.25) is 0 Å². The van der Waals surface area contributed by atoms with Crippen molar-refractivity contribution in [3.05, 3.63) is 62.4 Å². The van der Waals surface area contributed by atoms with E-state index in [9.17, 15) is 62.4 Å². The average molecular weight is 1150 g/mol. The lowest BCUT2D eigenvalue weighted by molar-refractivity contribution is -0.745. The molecule has 16 atom stereocenters. The largest absolute Gasteiger partial charge is 0.490 e. The number of aryl methyl sites for hydroxylation is 1. The summed E-state index contributed by atoms with van der Waals surface area (Å²) in [6.07, 6.45) is -11.9. The predicted octanol–water partition coefficient (Wildman–Crippen LogP) is -3.32. The topological polar surface area (TPSA) is 505 Å². The molecule has 75 heavy (non-hydrogen) atoms. The molecule has 3 saturated heterocycles. The third-order valence-electron chi connectivity index (χ3n) is 11.7. The molecule has 8 heterocycles. The Hall–Kier alpha value is -4.62. The predicted molar refractivity (Wildman–Crippen MR) is 242 cm³/mol.